The van der Waals surface area contributed by atoms with Crippen molar-refractivity contribution in [1.29, 1.82) is 0 Å². The van der Waals surface area contributed by atoms with Crippen molar-refractivity contribution < 1.29 is 14.6 Å². The number of hydrogen-bond acceptors (Lipinski definition) is 4. The lowest BCUT2D eigenvalue weighted by molar-refractivity contribution is -0.146. The van der Waals surface area contributed by atoms with Crippen molar-refractivity contribution in [3.05, 3.63) is 41.0 Å². The van der Waals surface area contributed by atoms with Crippen LogP contribution in [0.4, 0.5) is 0 Å². The molecule has 0 amide bonds. The first kappa shape index (κ1) is 28.6. The number of carbonyl (C=O) groups is 1. The van der Waals surface area contributed by atoms with Crippen LogP contribution in [-0.2, 0) is 16.0 Å². The molecule has 5 nitrogen and oxygen atoms in total. The lowest BCUT2D eigenvalue weighted by Gasteiger charge is -2.28. The highest BCUT2D eigenvalue weighted by Crippen LogP contribution is 2.41. The zero-order chi connectivity index (χ0) is 26.3. The van der Waals surface area contributed by atoms with Crippen molar-refractivity contribution >= 4 is 18.3 Å². The Balaban J connectivity index is 1.52. The number of nitrogens with zero attached hydrogens (tertiary/aromatic N) is 1. The largest absolute Gasteiger partial charge is 0.481 e. The summed E-state index contributed by atoms with van der Waals surface area (Å²) in [5.74, 6) is 0.284. The fraction of sp³-hybridized carbons (Fsp3) is 0.677. The van der Waals surface area contributed by atoms with E-state index in [1.165, 1.54) is 23.1 Å². The maximum atomic E-state index is 11.3. The first-order valence-electron chi connectivity index (χ1n) is 13.7. The molecule has 0 bridgehead atoms. The van der Waals surface area contributed by atoms with Gasteiger partial charge in [0.05, 0.1) is 12.0 Å². The Morgan fingerprint density at radius 2 is 1.89 bits per heavy atom. The van der Waals surface area contributed by atoms with Crippen LogP contribution in [0, 0.1) is 22.7 Å². The number of carboxylic acid groups (broad SMARTS) is 1. The number of methoxy groups -OCH3 is 1. The van der Waals surface area contributed by atoms with Crippen LogP contribution in [0.5, 0.6) is 0 Å². The normalized spacial score (nSPS) is 25.3. The first-order valence-corrected chi connectivity index (χ1v) is 13.7. The van der Waals surface area contributed by atoms with Gasteiger partial charge in [0.2, 0.25) is 0 Å². The molecule has 0 spiro atoms. The van der Waals surface area contributed by atoms with Gasteiger partial charge in [0.25, 0.3) is 0 Å². The maximum Gasteiger partial charge on any atom is 0.310 e. The highest BCUT2D eigenvalue weighted by atomic mass is 16.5. The van der Waals surface area contributed by atoms with E-state index in [0.717, 1.165) is 45.1 Å². The third kappa shape index (κ3) is 9.15. The van der Waals surface area contributed by atoms with Crippen molar-refractivity contribution in [2.24, 2.45) is 27.7 Å². The number of aliphatic carboxylic acids is 1. The topological polar surface area (TPSA) is 70.9 Å². The van der Waals surface area contributed by atoms with Crippen molar-refractivity contribution in [2.45, 2.75) is 91.6 Å². The molecule has 36 heavy (non-hydrogen) atoms. The van der Waals surface area contributed by atoms with E-state index in [-0.39, 0.29) is 5.41 Å². The summed E-state index contributed by atoms with van der Waals surface area (Å²) in [5, 5.41) is 13.2. The standard InChI is InChI=1S/C31H48N2O3/c1-30(2,3)19-24-9-7-8-23(16-24)17-25(14-15-36-6)27-18-28(27)33-26-12-10-22(11-13-26)20-32-21-31(4,5)29(34)35/h7-9,16-17,20,22,26-28,33H,10-15,18-19,21H2,1-6H3,(H,34,35)/b25-17+,32-20?/t22?,26?,27-,28+/m0/s1. The van der Waals surface area contributed by atoms with E-state index >= 15 is 0 Å². The number of nitrogens with one attached hydrogen (secondary N) is 1. The van der Waals surface area contributed by atoms with Crippen molar-refractivity contribution in [3.8, 4) is 0 Å². The monoisotopic (exact) mass is 496 g/mol. The third-order valence-electron chi connectivity index (χ3n) is 7.50. The Labute approximate surface area is 218 Å². The second-order valence-electron chi connectivity index (χ2n) is 12.9. The molecule has 0 aromatic heterocycles. The molecule has 1 aromatic carbocycles. The highest BCUT2D eigenvalue weighted by Gasteiger charge is 2.41. The van der Waals surface area contributed by atoms with Gasteiger partial charge in [0.15, 0.2) is 0 Å². The minimum atomic E-state index is -0.793. The molecule has 2 atom stereocenters. The molecule has 1 aromatic rings. The molecule has 2 aliphatic carbocycles. The lowest BCUT2D eigenvalue weighted by atomic mass is 9.86. The van der Waals surface area contributed by atoms with Gasteiger partial charge in [-0.2, -0.15) is 0 Å². The van der Waals surface area contributed by atoms with Gasteiger partial charge < -0.3 is 15.2 Å². The predicted molar refractivity (Wildman–Crippen MR) is 150 cm³/mol. The fourth-order valence-electron chi connectivity index (χ4n) is 5.23. The van der Waals surface area contributed by atoms with Crippen molar-refractivity contribution in [1.82, 2.24) is 5.32 Å². The van der Waals surface area contributed by atoms with Crippen molar-refractivity contribution in [3.63, 3.8) is 0 Å². The van der Waals surface area contributed by atoms with E-state index in [2.05, 4.69) is 61.4 Å². The SMILES string of the molecule is COCC/C(=C\c1cccc(CC(C)(C)C)c1)[C@@H]1C[C@H]1NC1CCC(C=NCC(C)(C)C(=O)O)CC1. The van der Waals surface area contributed by atoms with E-state index in [9.17, 15) is 9.90 Å². The highest BCUT2D eigenvalue weighted by molar-refractivity contribution is 5.74. The summed E-state index contributed by atoms with van der Waals surface area (Å²) < 4.78 is 5.43. The van der Waals surface area contributed by atoms with Gasteiger partial charge in [0.1, 0.15) is 0 Å². The van der Waals surface area contributed by atoms with Crippen LogP contribution in [0.3, 0.4) is 0 Å². The summed E-state index contributed by atoms with van der Waals surface area (Å²) in [6.07, 6.45) is 12.3. The Bertz CT molecular complexity index is 920. The van der Waals surface area contributed by atoms with Crippen LogP contribution < -0.4 is 5.32 Å². The summed E-state index contributed by atoms with van der Waals surface area (Å²) in [7, 11) is 1.79. The molecule has 0 aliphatic heterocycles. The van der Waals surface area contributed by atoms with Gasteiger partial charge in [-0.25, -0.2) is 0 Å². The van der Waals surface area contributed by atoms with Crippen LogP contribution in [-0.4, -0.2) is 49.6 Å². The average Bonchev–Trinajstić information content (AvgIpc) is 3.55. The van der Waals surface area contributed by atoms with Crippen LogP contribution in [0.2, 0.25) is 0 Å². The summed E-state index contributed by atoms with van der Waals surface area (Å²) in [4.78, 5) is 15.7. The quantitative estimate of drug-likeness (QED) is 0.328. The number of carboxylic acids is 1. The zero-order valence-electron chi connectivity index (χ0n) is 23.3. The van der Waals surface area contributed by atoms with Gasteiger partial charge in [0, 0.05) is 32.0 Å². The van der Waals surface area contributed by atoms with E-state index < -0.39 is 11.4 Å². The van der Waals surface area contributed by atoms with Crippen LogP contribution in [0.15, 0.2) is 34.8 Å². The molecule has 2 fully saturated rings. The Hall–Kier alpha value is -1.98. The fourth-order valence-corrected chi connectivity index (χ4v) is 5.23. The Morgan fingerprint density at radius 1 is 1.17 bits per heavy atom. The van der Waals surface area contributed by atoms with Gasteiger partial charge >= 0.3 is 5.97 Å². The number of aliphatic imine (C=N–C) groups is 1. The van der Waals surface area contributed by atoms with E-state index in [4.69, 9.17) is 4.74 Å². The number of rotatable bonds is 12. The van der Waals surface area contributed by atoms with Gasteiger partial charge in [-0.3, -0.25) is 9.79 Å². The predicted octanol–water partition coefficient (Wildman–Crippen LogP) is 6.41. The average molecular weight is 497 g/mol. The molecule has 0 unspecified atom stereocenters. The molecular weight excluding hydrogens is 448 g/mol. The summed E-state index contributed by atoms with van der Waals surface area (Å²) in [6.45, 7) is 11.5. The van der Waals surface area contributed by atoms with E-state index in [1.54, 1.807) is 21.0 Å². The second kappa shape index (κ2) is 12.5. The minimum Gasteiger partial charge on any atom is -0.481 e. The minimum absolute atomic E-state index is 0.284. The molecular formula is C31H48N2O3. The van der Waals surface area contributed by atoms with Crippen LogP contribution >= 0.6 is 0 Å². The summed E-state index contributed by atoms with van der Waals surface area (Å²) in [5.41, 5.74) is 3.70. The smallest absolute Gasteiger partial charge is 0.310 e. The first-order chi connectivity index (χ1) is 17.0. The van der Waals surface area contributed by atoms with Gasteiger partial charge in [-0.1, -0.05) is 56.7 Å². The van der Waals surface area contributed by atoms with Crippen molar-refractivity contribution in [2.75, 3.05) is 20.3 Å². The van der Waals surface area contributed by atoms with Crippen LogP contribution in [0.25, 0.3) is 6.08 Å². The molecule has 5 heteroatoms. The summed E-state index contributed by atoms with van der Waals surface area (Å²) in [6, 6.07) is 10.1. The van der Waals surface area contributed by atoms with E-state index in [1.807, 2.05) is 6.21 Å². The molecule has 0 saturated heterocycles. The number of hydrogen-bond donors (Lipinski definition) is 2. The molecule has 0 radical (unpaired) electrons. The molecule has 0 heterocycles. The molecule has 3 rings (SSSR count). The number of ether oxygens (including phenoxy) is 1. The number of benzene rings is 1. The van der Waals surface area contributed by atoms with Gasteiger partial charge in [-0.15, -0.1) is 0 Å². The maximum absolute atomic E-state index is 11.3. The molecule has 2 aliphatic rings. The second-order valence-corrected chi connectivity index (χ2v) is 12.9. The zero-order valence-corrected chi connectivity index (χ0v) is 23.3. The summed E-state index contributed by atoms with van der Waals surface area (Å²) >= 11 is 0. The molecule has 2 saturated carbocycles. The van der Waals surface area contributed by atoms with Crippen LogP contribution in [0.1, 0.15) is 84.3 Å². The van der Waals surface area contributed by atoms with E-state index in [0.29, 0.717) is 30.5 Å². The Morgan fingerprint density at radius 3 is 2.53 bits per heavy atom. The molecule has 2 N–H and O–H groups in total. The Kier molecular flexibility index (Phi) is 9.94. The van der Waals surface area contributed by atoms with Gasteiger partial charge in [-0.05, 0) is 87.2 Å². The molecule has 200 valence electrons. The third-order valence-corrected chi connectivity index (χ3v) is 7.50. The lowest BCUT2D eigenvalue weighted by Crippen LogP contribution is -2.36.